The van der Waals surface area contributed by atoms with Gasteiger partial charge in [-0.15, -0.1) is 0 Å². The van der Waals surface area contributed by atoms with Gasteiger partial charge in [0.05, 0.1) is 23.6 Å². The molecule has 0 aromatic heterocycles. The Hall–Kier alpha value is -3.19. The molecule has 0 heterocycles. The molecule has 4 aromatic rings. The zero-order chi connectivity index (χ0) is 30.1. The van der Waals surface area contributed by atoms with E-state index in [9.17, 15) is 18.0 Å². The van der Waals surface area contributed by atoms with Crippen LogP contribution in [0.4, 0.5) is 13.2 Å². The quantitative estimate of drug-likeness (QED) is 0.146. The van der Waals surface area contributed by atoms with Crippen molar-refractivity contribution in [3.05, 3.63) is 136 Å². The van der Waals surface area contributed by atoms with Gasteiger partial charge in [0.15, 0.2) is 0 Å². The Kier molecular flexibility index (Phi) is 12.8. The molecule has 43 heavy (non-hydrogen) atoms. The van der Waals surface area contributed by atoms with Gasteiger partial charge in [-0.2, -0.15) is 13.2 Å². The summed E-state index contributed by atoms with van der Waals surface area (Å²) in [7, 11) is 0. The van der Waals surface area contributed by atoms with E-state index in [1.54, 1.807) is 30.3 Å². The van der Waals surface area contributed by atoms with E-state index in [1.165, 1.54) is 6.07 Å². The molecule has 0 aliphatic carbocycles. The molecular weight excluding hydrogens is 628 g/mol. The van der Waals surface area contributed by atoms with Crippen LogP contribution in [-0.4, -0.2) is 35.2 Å². The van der Waals surface area contributed by atoms with E-state index in [0.29, 0.717) is 36.4 Å². The number of ether oxygens (including phenoxy) is 1. The number of benzene rings is 4. The molecule has 0 fully saturated rings. The summed E-state index contributed by atoms with van der Waals surface area (Å²) in [6.07, 6.45) is -4.07. The molecule has 0 radical (unpaired) electrons. The fourth-order valence-corrected chi connectivity index (χ4v) is 5.29. The first-order valence-corrected chi connectivity index (χ1v) is 14.1. The fourth-order valence-electron chi connectivity index (χ4n) is 5.00. The molecule has 0 bridgehead atoms. The summed E-state index contributed by atoms with van der Waals surface area (Å²) in [6, 6.07) is 31.0. The minimum absolute atomic E-state index is 0. The first-order chi connectivity index (χ1) is 20.1. The average Bonchev–Trinajstić information content (AvgIpc) is 2.96. The summed E-state index contributed by atoms with van der Waals surface area (Å²) in [5, 5.41) is 8.80. The van der Waals surface area contributed by atoms with Crippen LogP contribution in [0.25, 0.3) is 0 Å². The first kappa shape index (κ1) is 34.3. The normalized spacial score (nSPS) is 12.2. The van der Waals surface area contributed by atoms with Crippen molar-refractivity contribution in [3.8, 4) is 5.75 Å². The third-order valence-corrected chi connectivity index (χ3v) is 7.71. The molecular formula is C34H33ClF3NO3Zn+2. The van der Waals surface area contributed by atoms with Crippen molar-refractivity contribution in [2.24, 2.45) is 0 Å². The number of alkyl halides is 3. The molecule has 220 valence electrons. The Morgan fingerprint density at radius 3 is 2.09 bits per heavy atom. The van der Waals surface area contributed by atoms with E-state index < -0.39 is 17.7 Å². The maximum absolute atomic E-state index is 13.7. The number of hydrogen-bond donors (Lipinski definition) is 1. The summed E-state index contributed by atoms with van der Waals surface area (Å²) in [4.78, 5) is 13.2. The van der Waals surface area contributed by atoms with E-state index in [1.807, 2.05) is 43.3 Å². The van der Waals surface area contributed by atoms with Crippen LogP contribution in [0, 0.1) is 0 Å². The topological polar surface area (TPSA) is 49.8 Å². The van der Waals surface area contributed by atoms with Gasteiger partial charge in [0.25, 0.3) is 0 Å². The van der Waals surface area contributed by atoms with E-state index >= 15 is 0 Å². The molecule has 4 rings (SSSR count). The van der Waals surface area contributed by atoms with Crippen molar-refractivity contribution in [2.75, 3.05) is 13.2 Å². The van der Waals surface area contributed by atoms with Gasteiger partial charge >= 0.3 is 31.6 Å². The van der Waals surface area contributed by atoms with E-state index in [4.69, 9.17) is 21.4 Å². The zero-order valence-corrected chi connectivity index (χ0v) is 27.7. The van der Waals surface area contributed by atoms with Gasteiger partial charge < -0.3 is 9.84 Å². The summed E-state index contributed by atoms with van der Waals surface area (Å²) >= 11 is 6.33. The van der Waals surface area contributed by atoms with Crippen LogP contribution in [0.15, 0.2) is 103 Å². The smallest absolute Gasteiger partial charge is 0.494 e. The molecule has 1 atom stereocenters. The Bertz CT molecular complexity index is 1410. The molecule has 9 heteroatoms. The molecule has 0 amide bonds. The summed E-state index contributed by atoms with van der Waals surface area (Å²) < 4.78 is 46.9. The number of rotatable bonds is 13. The van der Waals surface area contributed by atoms with E-state index in [0.717, 1.165) is 17.2 Å². The van der Waals surface area contributed by atoms with Crippen molar-refractivity contribution < 1.29 is 47.3 Å². The minimum Gasteiger partial charge on any atom is -0.494 e. The Morgan fingerprint density at radius 2 is 1.51 bits per heavy atom. The fraction of sp³-hybridized carbons (Fsp3) is 0.265. The molecule has 1 N–H and O–H groups in total. The van der Waals surface area contributed by atoms with Crippen LogP contribution in [0.1, 0.15) is 47.1 Å². The second-order valence-electron chi connectivity index (χ2n) is 10.3. The molecule has 4 aromatic carbocycles. The molecule has 0 spiro atoms. The second kappa shape index (κ2) is 16.0. The maximum atomic E-state index is 13.7. The molecule has 0 unspecified atom stereocenters. The number of halogens is 4. The van der Waals surface area contributed by atoms with Crippen LogP contribution in [0.2, 0.25) is 5.02 Å². The van der Waals surface area contributed by atoms with E-state index in [-0.39, 0.29) is 49.4 Å². The predicted octanol–water partition coefficient (Wildman–Crippen LogP) is 8.48. The third kappa shape index (κ3) is 9.92. The predicted molar refractivity (Wildman–Crippen MR) is 159 cm³/mol. The molecule has 4 nitrogen and oxygen atoms in total. The van der Waals surface area contributed by atoms with Crippen molar-refractivity contribution in [1.29, 1.82) is 0 Å². The van der Waals surface area contributed by atoms with Crippen molar-refractivity contribution in [1.82, 2.24) is 4.90 Å². The largest absolute Gasteiger partial charge is 2.00 e. The van der Waals surface area contributed by atoms with E-state index in [2.05, 4.69) is 29.2 Å². The van der Waals surface area contributed by atoms with Gasteiger partial charge in [0, 0.05) is 25.0 Å². The summed E-state index contributed by atoms with van der Waals surface area (Å²) in [5.74, 6) is -0.385. The number of hydrogen-bond acceptors (Lipinski definition) is 3. The SMILES string of the molecule is C[C@H](CCOc1cccc(CC(=O)O)c1)N(Cc1cccc(C(F)(F)F)c1Cl)CC(c1ccccc1)c1ccccc1.[Zn+2]. The summed E-state index contributed by atoms with van der Waals surface area (Å²) in [6.45, 7) is 3.12. The summed E-state index contributed by atoms with van der Waals surface area (Å²) in [5.41, 5.74) is 2.40. The van der Waals surface area contributed by atoms with Gasteiger partial charge in [0.2, 0.25) is 0 Å². The molecule has 0 saturated carbocycles. The van der Waals surface area contributed by atoms with Crippen LogP contribution >= 0.6 is 11.6 Å². The van der Waals surface area contributed by atoms with Crippen molar-refractivity contribution in [2.45, 2.75) is 44.4 Å². The molecule has 0 aliphatic rings. The Labute approximate surface area is 268 Å². The van der Waals surface area contributed by atoms with Crippen LogP contribution < -0.4 is 4.74 Å². The van der Waals surface area contributed by atoms with Crippen LogP contribution in [-0.2, 0) is 43.4 Å². The zero-order valence-electron chi connectivity index (χ0n) is 23.9. The van der Waals surface area contributed by atoms with Crippen molar-refractivity contribution >= 4 is 17.6 Å². The first-order valence-electron chi connectivity index (χ1n) is 13.7. The van der Waals surface area contributed by atoms with Gasteiger partial charge in [-0.05, 0) is 53.8 Å². The van der Waals surface area contributed by atoms with Crippen molar-refractivity contribution in [3.63, 3.8) is 0 Å². The third-order valence-electron chi connectivity index (χ3n) is 7.26. The van der Waals surface area contributed by atoms with Gasteiger partial charge in [-0.3, -0.25) is 9.69 Å². The Balaban J connectivity index is 0.00000506. The minimum atomic E-state index is -4.55. The number of aliphatic carboxylic acids is 1. The molecule has 0 saturated heterocycles. The molecule has 0 aliphatic heterocycles. The van der Waals surface area contributed by atoms with Crippen LogP contribution in [0.3, 0.4) is 0 Å². The number of carboxylic acid groups (broad SMARTS) is 1. The standard InChI is InChI=1S/C34H33ClF3NO3.Zn/c1-24(18-19-42-29-16-8-10-25(20-29)21-32(40)41)39(22-28-15-9-17-31(33(28)35)34(36,37)38)23-30(26-11-4-2-5-12-26)27-13-6-3-7-14-27;/h2-17,20,24,30H,18-19,21-23H2,1H3,(H,40,41);/q;+2/t24-;/m1./s1. The van der Waals surface area contributed by atoms with Gasteiger partial charge in [0.1, 0.15) is 5.75 Å². The van der Waals surface area contributed by atoms with Gasteiger partial charge in [-0.1, -0.05) is 96.5 Å². The second-order valence-corrected chi connectivity index (χ2v) is 10.7. The number of carbonyl (C=O) groups is 1. The Morgan fingerprint density at radius 1 is 0.907 bits per heavy atom. The van der Waals surface area contributed by atoms with Crippen LogP contribution in [0.5, 0.6) is 5.75 Å². The number of nitrogens with zero attached hydrogens (tertiary/aromatic N) is 1. The average molecular weight is 661 g/mol. The monoisotopic (exact) mass is 659 g/mol. The maximum Gasteiger partial charge on any atom is 2.00 e. The van der Waals surface area contributed by atoms with Gasteiger partial charge in [-0.25, -0.2) is 0 Å². The number of carboxylic acids is 1.